The monoisotopic (exact) mass is 283 g/mol. The van der Waals surface area contributed by atoms with Crippen LogP contribution < -0.4 is 10.3 Å². The van der Waals surface area contributed by atoms with Gasteiger partial charge in [-0.15, -0.1) is 0 Å². The molecule has 1 heterocycles. The Bertz CT molecular complexity index is 696. The molecule has 2 aromatic rings. The van der Waals surface area contributed by atoms with Gasteiger partial charge in [-0.1, -0.05) is 12.1 Å². The first-order chi connectivity index (χ1) is 9.54. The Morgan fingerprint density at radius 2 is 2.05 bits per heavy atom. The van der Waals surface area contributed by atoms with Crippen molar-refractivity contribution in [1.29, 1.82) is 0 Å². The Labute approximate surface area is 112 Å². The summed E-state index contributed by atoms with van der Waals surface area (Å²) in [5, 5.41) is 0.0960. The maximum atomic E-state index is 12.4. The Balaban J connectivity index is 2.68. The van der Waals surface area contributed by atoms with Crippen molar-refractivity contribution in [1.82, 2.24) is 4.73 Å². The number of rotatable bonds is 4. The third-order valence-corrected chi connectivity index (χ3v) is 2.57. The second-order valence-corrected chi connectivity index (χ2v) is 3.80. The van der Waals surface area contributed by atoms with Crippen LogP contribution in [0.2, 0.25) is 0 Å². The number of para-hydroxylation sites is 1. The molecule has 0 saturated carbocycles. The molecule has 0 N–H and O–H groups in total. The average Bonchev–Trinajstić information content (AvgIpc) is 2.42. The summed E-state index contributed by atoms with van der Waals surface area (Å²) in [5.74, 6) is -0.880. The lowest BCUT2D eigenvalue weighted by molar-refractivity contribution is -0.129. The molecule has 0 unspecified atom stereocenters. The predicted molar refractivity (Wildman–Crippen MR) is 66.7 cm³/mol. The van der Waals surface area contributed by atoms with E-state index in [4.69, 9.17) is 4.74 Å². The maximum Gasteiger partial charge on any atom is 0.405 e. The minimum atomic E-state index is -3.09. The van der Waals surface area contributed by atoms with Crippen LogP contribution in [-0.2, 0) is 4.74 Å². The van der Waals surface area contributed by atoms with Gasteiger partial charge >= 0.3 is 12.6 Å². The number of halogens is 2. The summed E-state index contributed by atoms with van der Waals surface area (Å²) < 4.78 is 30.2. The van der Waals surface area contributed by atoms with E-state index in [1.807, 2.05) is 0 Å². The number of ether oxygens (including phenoxy) is 1. The highest BCUT2D eigenvalue weighted by atomic mass is 19.3. The lowest BCUT2D eigenvalue weighted by atomic mass is 10.1. The zero-order chi connectivity index (χ0) is 14.7. The molecular formula is C13H11F2NO4. The highest BCUT2D eigenvalue weighted by molar-refractivity contribution is 5.93. The van der Waals surface area contributed by atoms with Crippen LogP contribution in [0.3, 0.4) is 0 Å². The van der Waals surface area contributed by atoms with Crippen LogP contribution in [0.15, 0.2) is 35.3 Å². The Morgan fingerprint density at radius 3 is 2.70 bits per heavy atom. The van der Waals surface area contributed by atoms with Gasteiger partial charge in [0.1, 0.15) is 5.56 Å². The number of carbonyl (C=O) groups is 1. The van der Waals surface area contributed by atoms with Gasteiger partial charge in [0, 0.05) is 5.39 Å². The van der Waals surface area contributed by atoms with E-state index in [0.717, 1.165) is 6.20 Å². The van der Waals surface area contributed by atoms with Crippen LogP contribution in [0.4, 0.5) is 8.78 Å². The van der Waals surface area contributed by atoms with E-state index in [1.54, 1.807) is 19.1 Å². The van der Waals surface area contributed by atoms with Gasteiger partial charge in [0.05, 0.1) is 18.3 Å². The molecule has 0 saturated heterocycles. The standard InChI is InChI=1S/C13H11F2NO4/c1-2-19-12(18)9-7-16(20-13(14)15)10-6-4-3-5-8(10)11(9)17/h3-7,13H,2H2,1H3. The normalized spacial score (nSPS) is 10.8. The van der Waals surface area contributed by atoms with Crippen LogP contribution in [-0.4, -0.2) is 23.9 Å². The molecule has 0 fully saturated rings. The van der Waals surface area contributed by atoms with Crippen molar-refractivity contribution in [2.24, 2.45) is 0 Å². The van der Waals surface area contributed by atoms with E-state index < -0.39 is 18.0 Å². The summed E-state index contributed by atoms with van der Waals surface area (Å²) in [6.45, 7) is -1.44. The van der Waals surface area contributed by atoms with Crippen LogP contribution in [0, 0.1) is 0 Å². The first-order valence-electron chi connectivity index (χ1n) is 5.81. The zero-order valence-electron chi connectivity index (χ0n) is 10.5. The molecule has 0 bridgehead atoms. The van der Waals surface area contributed by atoms with Crippen LogP contribution in [0.25, 0.3) is 10.9 Å². The van der Waals surface area contributed by atoms with Crippen molar-refractivity contribution in [2.45, 2.75) is 13.5 Å². The van der Waals surface area contributed by atoms with Crippen LogP contribution in [0.1, 0.15) is 17.3 Å². The number of hydrogen-bond donors (Lipinski definition) is 0. The molecular weight excluding hydrogens is 272 g/mol. The molecule has 106 valence electrons. The van der Waals surface area contributed by atoms with E-state index in [2.05, 4.69) is 4.84 Å². The molecule has 20 heavy (non-hydrogen) atoms. The molecule has 1 aromatic heterocycles. The molecule has 2 rings (SSSR count). The molecule has 0 aliphatic rings. The molecule has 5 nitrogen and oxygen atoms in total. The number of pyridine rings is 1. The summed E-state index contributed by atoms with van der Waals surface area (Å²) in [5.41, 5.74) is -0.801. The van der Waals surface area contributed by atoms with Crippen molar-refractivity contribution >= 4 is 16.9 Å². The number of carbonyl (C=O) groups excluding carboxylic acids is 1. The number of esters is 1. The lowest BCUT2D eigenvalue weighted by Crippen LogP contribution is -2.25. The van der Waals surface area contributed by atoms with E-state index >= 15 is 0 Å². The SMILES string of the molecule is CCOC(=O)c1cn(OC(F)F)c2ccccc2c1=O. The lowest BCUT2D eigenvalue weighted by Gasteiger charge is -2.12. The summed E-state index contributed by atoms with van der Waals surface area (Å²) in [4.78, 5) is 28.1. The Kier molecular flexibility index (Phi) is 3.97. The first kappa shape index (κ1) is 14.0. The van der Waals surface area contributed by atoms with Gasteiger partial charge in [-0.3, -0.25) is 4.79 Å². The van der Waals surface area contributed by atoms with Gasteiger partial charge in [-0.25, -0.2) is 4.79 Å². The number of hydrogen-bond acceptors (Lipinski definition) is 4. The van der Waals surface area contributed by atoms with Crippen molar-refractivity contribution in [2.75, 3.05) is 6.61 Å². The fourth-order valence-electron chi connectivity index (χ4n) is 1.78. The molecule has 7 heteroatoms. The van der Waals surface area contributed by atoms with Crippen LogP contribution >= 0.6 is 0 Å². The molecule has 0 amide bonds. The second-order valence-electron chi connectivity index (χ2n) is 3.80. The number of nitrogens with zero attached hydrogens (tertiary/aromatic N) is 1. The van der Waals surface area contributed by atoms with E-state index in [0.29, 0.717) is 4.73 Å². The van der Waals surface area contributed by atoms with Gasteiger partial charge in [-0.05, 0) is 19.1 Å². The highest BCUT2D eigenvalue weighted by Crippen LogP contribution is 2.12. The van der Waals surface area contributed by atoms with Gasteiger partial charge in [0.25, 0.3) is 0 Å². The number of aromatic nitrogens is 1. The van der Waals surface area contributed by atoms with E-state index in [9.17, 15) is 18.4 Å². The van der Waals surface area contributed by atoms with Crippen molar-refractivity contribution in [3.8, 4) is 0 Å². The molecule has 1 aromatic carbocycles. The molecule has 0 aliphatic heterocycles. The Morgan fingerprint density at radius 1 is 1.35 bits per heavy atom. The quantitative estimate of drug-likeness (QED) is 0.803. The third-order valence-electron chi connectivity index (χ3n) is 2.57. The number of alkyl halides is 2. The fraction of sp³-hybridized carbons (Fsp3) is 0.231. The first-order valence-corrected chi connectivity index (χ1v) is 5.81. The maximum absolute atomic E-state index is 12.4. The predicted octanol–water partition coefficient (Wildman–Crippen LogP) is 1.83. The molecule has 0 aliphatic carbocycles. The summed E-state index contributed by atoms with van der Waals surface area (Å²) in [6, 6.07) is 5.99. The van der Waals surface area contributed by atoms with E-state index in [1.165, 1.54) is 12.1 Å². The minimum absolute atomic E-state index is 0.0702. The summed E-state index contributed by atoms with van der Waals surface area (Å²) >= 11 is 0. The minimum Gasteiger partial charge on any atom is -0.462 e. The molecule has 0 atom stereocenters. The van der Waals surface area contributed by atoms with Gasteiger partial charge in [0.15, 0.2) is 0 Å². The smallest absolute Gasteiger partial charge is 0.405 e. The van der Waals surface area contributed by atoms with Gasteiger partial charge < -0.3 is 9.57 Å². The van der Waals surface area contributed by atoms with E-state index in [-0.39, 0.29) is 23.1 Å². The highest BCUT2D eigenvalue weighted by Gasteiger charge is 2.18. The average molecular weight is 283 g/mol. The van der Waals surface area contributed by atoms with Crippen molar-refractivity contribution in [3.63, 3.8) is 0 Å². The fourth-order valence-corrected chi connectivity index (χ4v) is 1.78. The zero-order valence-corrected chi connectivity index (χ0v) is 10.5. The summed E-state index contributed by atoms with van der Waals surface area (Å²) in [6.07, 6.45) is 0.912. The van der Waals surface area contributed by atoms with Crippen molar-refractivity contribution < 1.29 is 23.1 Å². The summed E-state index contributed by atoms with van der Waals surface area (Å²) in [7, 11) is 0. The molecule has 0 spiro atoms. The topological polar surface area (TPSA) is 57.5 Å². The van der Waals surface area contributed by atoms with Gasteiger partial charge in [-0.2, -0.15) is 13.5 Å². The third kappa shape index (κ3) is 2.61. The van der Waals surface area contributed by atoms with Gasteiger partial charge in [0.2, 0.25) is 5.43 Å². The Hall–Kier alpha value is -2.44. The largest absolute Gasteiger partial charge is 0.462 e. The second kappa shape index (κ2) is 5.68. The van der Waals surface area contributed by atoms with Crippen molar-refractivity contribution in [3.05, 3.63) is 46.2 Å². The molecule has 0 radical (unpaired) electrons. The van der Waals surface area contributed by atoms with Crippen LogP contribution in [0.5, 0.6) is 0 Å². The number of fused-ring (bicyclic) bond motifs is 1. The number of benzene rings is 1.